The standard InChI is InChI=1S/C28H27N3O3/c32-19-25-28(23-12-10-21(11-13-23)9-8-20-5-2-1-3-6-20)24-17-30(18-27(34)31(24)25)26(33)15-22-7-4-14-29-16-22/h1-14,16,24-25,28,32H,15,17-19H2/t24-,25+,28+/m0/s1. The molecule has 0 saturated carbocycles. The molecule has 1 aromatic heterocycles. The van der Waals surface area contributed by atoms with Crippen molar-refractivity contribution in [1.29, 1.82) is 0 Å². The Kier molecular flexibility index (Phi) is 6.23. The minimum absolute atomic E-state index is 0.00454. The molecule has 0 radical (unpaired) electrons. The van der Waals surface area contributed by atoms with Crippen LogP contribution in [0.5, 0.6) is 0 Å². The third-order valence-corrected chi connectivity index (χ3v) is 6.77. The van der Waals surface area contributed by atoms with E-state index in [0.29, 0.717) is 6.54 Å². The van der Waals surface area contributed by atoms with Gasteiger partial charge in [0.1, 0.15) is 0 Å². The summed E-state index contributed by atoms with van der Waals surface area (Å²) in [5.41, 5.74) is 4.13. The molecule has 3 atom stereocenters. The fourth-order valence-corrected chi connectivity index (χ4v) is 5.06. The van der Waals surface area contributed by atoms with E-state index < -0.39 is 0 Å². The fourth-order valence-electron chi connectivity index (χ4n) is 5.06. The quantitative estimate of drug-likeness (QED) is 0.583. The molecule has 2 aliphatic rings. The number of piperazine rings is 1. The lowest BCUT2D eigenvalue weighted by Gasteiger charge is -2.58. The van der Waals surface area contributed by atoms with Crippen molar-refractivity contribution >= 4 is 24.0 Å². The monoisotopic (exact) mass is 453 g/mol. The van der Waals surface area contributed by atoms with E-state index in [9.17, 15) is 14.7 Å². The van der Waals surface area contributed by atoms with Gasteiger partial charge in [0.2, 0.25) is 11.8 Å². The first-order chi connectivity index (χ1) is 16.6. The number of aliphatic hydroxyl groups is 1. The average molecular weight is 454 g/mol. The summed E-state index contributed by atoms with van der Waals surface area (Å²) in [6, 6.07) is 21.7. The lowest BCUT2D eigenvalue weighted by atomic mass is 9.73. The van der Waals surface area contributed by atoms with Gasteiger partial charge in [0.15, 0.2) is 0 Å². The van der Waals surface area contributed by atoms with Crippen LogP contribution >= 0.6 is 0 Å². The van der Waals surface area contributed by atoms with Gasteiger partial charge in [0.25, 0.3) is 0 Å². The number of pyridine rings is 1. The first kappa shape index (κ1) is 22.0. The SMILES string of the molecule is O=C(Cc1cccnc1)N1CC(=O)N2[C@H](CO)[C@H](c3ccc(C=Cc4ccccc4)cc3)[C@@H]2C1. The van der Waals surface area contributed by atoms with E-state index in [4.69, 9.17) is 0 Å². The van der Waals surface area contributed by atoms with Crippen molar-refractivity contribution < 1.29 is 14.7 Å². The van der Waals surface area contributed by atoms with Crippen molar-refractivity contribution in [2.24, 2.45) is 0 Å². The summed E-state index contributed by atoms with van der Waals surface area (Å²) in [6.45, 7) is 0.440. The van der Waals surface area contributed by atoms with Crippen LogP contribution in [0.3, 0.4) is 0 Å². The van der Waals surface area contributed by atoms with Crippen LogP contribution in [0.15, 0.2) is 79.1 Å². The molecule has 6 heteroatoms. The van der Waals surface area contributed by atoms with Crippen LogP contribution in [-0.4, -0.2) is 63.5 Å². The maximum atomic E-state index is 12.9. The van der Waals surface area contributed by atoms with Crippen LogP contribution in [0.4, 0.5) is 0 Å². The Balaban J connectivity index is 1.30. The third kappa shape index (κ3) is 4.37. The Bertz CT molecular complexity index is 1180. The zero-order valence-electron chi connectivity index (χ0n) is 18.8. The second-order valence-electron chi connectivity index (χ2n) is 8.87. The molecule has 2 aromatic carbocycles. The summed E-state index contributed by atoms with van der Waals surface area (Å²) >= 11 is 0. The molecule has 3 heterocycles. The Labute approximate surface area is 199 Å². The number of hydrogen-bond acceptors (Lipinski definition) is 4. The molecule has 6 nitrogen and oxygen atoms in total. The van der Waals surface area contributed by atoms with Crippen molar-refractivity contribution in [3.05, 3.63) is 101 Å². The molecule has 1 N–H and O–H groups in total. The summed E-state index contributed by atoms with van der Waals surface area (Å²) in [7, 11) is 0. The molecule has 0 aliphatic carbocycles. The highest BCUT2D eigenvalue weighted by atomic mass is 16.3. The molecule has 2 saturated heterocycles. The van der Waals surface area contributed by atoms with Crippen LogP contribution in [0.2, 0.25) is 0 Å². The van der Waals surface area contributed by atoms with Gasteiger partial charge >= 0.3 is 0 Å². The topological polar surface area (TPSA) is 73.7 Å². The summed E-state index contributed by atoms with van der Waals surface area (Å²) in [5.74, 6) is -0.183. The van der Waals surface area contributed by atoms with Crippen molar-refractivity contribution in [1.82, 2.24) is 14.8 Å². The minimum atomic E-state index is -0.251. The molecule has 0 bridgehead atoms. The van der Waals surface area contributed by atoms with E-state index in [2.05, 4.69) is 53.5 Å². The molecule has 0 unspecified atom stereocenters. The number of carbonyl (C=O) groups is 2. The summed E-state index contributed by atoms with van der Waals surface area (Å²) in [6.07, 6.45) is 7.72. The molecular formula is C28H27N3O3. The van der Waals surface area contributed by atoms with Crippen molar-refractivity contribution in [2.75, 3.05) is 19.7 Å². The van der Waals surface area contributed by atoms with Crippen LogP contribution in [0.1, 0.15) is 28.2 Å². The predicted molar refractivity (Wildman–Crippen MR) is 131 cm³/mol. The molecule has 5 rings (SSSR count). The molecule has 172 valence electrons. The van der Waals surface area contributed by atoms with Gasteiger partial charge in [-0.25, -0.2) is 0 Å². The number of benzene rings is 2. The van der Waals surface area contributed by atoms with Gasteiger partial charge in [-0.1, -0.05) is 72.8 Å². The smallest absolute Gasteiger partial charge is 0.242 e. The largest absolute Gasteiger partial charge is 0.394 e. The summed E-state index contributed by atoms with van der Waals surface area (Å²) in [4.78, 5) is 33.2. The third-order valence-electron chi connectivity index (χ3n) is 6.77. The van der Waals surface area contributed by atoms with Crippen LogP contribution in [0.25, 0.3) is 12.2 Å². The number of fused-ring (bicyclic) bond motifs is 1. The highest BCUT2D eigenvalue weighted by Gasteiger charge is 2.54. The van der Waals surface area contributed by atoms with Gasteiger partial charge in [-0.3, -0.25) is 14.6 Å². The normalized spacial score (nSPS) is 21.9. The number of amides is 2. The van der Waals surface area contributed by atoms with E-state index >= 15 is 0 Å². The summed E-state index contributed by atoms with van der Waals surface area (Å²) in [5, 5.41) is 10.0. The van der Waals surface area contributed by atoms with Gasteiger partial charge in [-0.2, -0.15) is 0 Å². The van der Waals surface area contributed by atoms with Crippen molar-refractivity contribution in [2.45, 2.75) is 24.4 Å². The Morgan fingerprint density at radius 2 is 1.74 bits per heavy atom. The van der Waals surface area contributed by atoms with Crippen LogP contribution in [-0.2, 0) is 16.0 Å². The zero-order chi connectivity index (χ0) is 23.5. The summed E-state index contributed by atoms with van der Waals surface area (Å²) < 4.78 is 0. The molecule has 3 aromatic rings. The molecule has 34 heavy (non-hydrogen) atoms. The molecule has 2 amide bonds. The van der Waals surface area contributed by atoms with Gasteiger partial charge in [0, 0.05) is 24.9 Å². The number of carbonyl (C=O) groups excluding carboxylic acids is 2. The van der Waals surface area contributed by atoms with Gasteiger partial charge in [0.05, 0.1) is 31.7 Å². The molecule has 0 spiro atoms. The number of aliphatic hydroxyl groups excluding tert-OH is 1. The fraction of sp³-hybridized carbons (Fsp3) is 0.250. The van der Waals surface area contributed by atoms with E-state index in [1.807, 2.05) is 24.3 Å². The van der Waals surface area contributed by atoms with E-state index in [0.717, 1.165) is 22.3 Å². The van der Waals surface area contributed by atoms with Crippen molar-refractivity contribution in [3.63, 3.8) is 0 Å². The first-order valence-corrected chi connectivity index (χ1v) is 11.6. The van der Waals surface area contributed by atoms with Crippen LogP contribution in [0, 0.1) is 0 Å². The van der Waals surface area contributed by atoms with Crippen molar-refractivity contribution in [3.8, 4) is 0 Å². The molecule has 2 aliphatic heterocycles. The second-order valence-corrected chi connectivity index (χ2v) is 8.87. The van der Waals surface area contributed by atoms with Crippen LogP contribution < -0.4 is 0 Å². The lowest BCUT2D eigenvalue weighted by molar-refractivity contribution is -0.166. The number of hydrogen-bond donors (Lipinski definition) is 1. The highest BCUT2D eigenvalue weighted by Crippen LogP contribution is 2.43. The molecular weight excluding hydrogens is 426 g/mol. The van der Waals surface area contributed by atoms with E-state index in [-0.39, 0.29) is 49.4 Å². The number of aromatic nitrogens is 1. The zero-order valence-corrected chi connectivity index (χ0v) is 18.8. The van der Waals surface area contributed by atoms with Gasteiger partial charge < -0.3 is 14.9 Å². The predicted octanol–water partition coefficient (Wildman–Crippen LogP) is 2.99. The second kappa shape index (κ2) is 9.61. The maximum absolute atomic E-state index is 12.9. The average Bonchev–Trinajstić information content (AvgIpc) is 2.86. The Morgan fingerprint density at radius 3 is 2.41 bits per heavy atom. The van der Waals surface area contributed by atoms with E-state index in [1.54, 1.807) is 28.3 Å². The highest BCUT2D eigenvalue weighted by molar-refractivity contribution is 5.88. The minimum Gasteiger partial charge on any atom is -0.394 e. The number of nitrogens with zero attached hydrogens (tertiary/aromatic N) is 3. The lowest BCUT2D eigenvalue weighted by Crippen LogP contribution is -2.73. The van der Waals surface area contributed by atoms with Gasteiger partial charge in [-0.05, 0) is 28.3 Å². The maximum Gasteiger partial charge on any atom is 0.242 e. The number of rotatable bonds is 6. The molecule has 2 fully saturated rings. The Morgan fingerprint density at radius 1 is 1.00 bits per heavy atom. The van der Waals surface area contributed by atoms with Gasteiger partial charge in [-0.15, -0.1) is 0 Å². The first-order valence-electron chi connectivity index (χ1n) is 11.6. The Hall–Kier alpha value is -3.77. The van der Waals surface area contributed by atoms with E-state index in [1.165, 1.54) is 0 Å².